The number of carbonyl (C=O) groups is 1. The van der Waals surface area contributed by atoms with Gasteiger partial charge in [0.25, 0.3) is 5.91 Å². The lowest BCUT2D eigenvalue weighted by atomic mass is 10.2. The van der Waals surface area contributed by atoms with Crippen LogP contribution >= 0.6 is 0 Å². The van der Waals surface area contributed by atoms with Crippen molar-refractivity contribution in [2.45, 2.75) is 19.9 Å². The number of nitrogens with one attached hydrogen (secondary N) is 1. The van der Waals surface area contributed by atoms with Crippen molar-refractivity contribution < 1.29 is 4.79 Å². The van der Waals surface area contributed by atoms with Crippen molar-refractivity contribution in [2.24, 2.45) is 0 Å². The number of imidazole rings is 1. The fraction of sp³-hybridized carbons (Fsp3) is 0.211. The van der Waals surface area contributed by atoms with E-state index in [2.05, 4.69) is 32.0 Å². The van der Waals surface area contributed by atoms with Gasteiger partial charge in [-0.15, -0.1) is 0 Å². The molecular weight excluding hydrogens is 300 g/mol. The first-order valence-electron chi connectivity index (χ1n) is 7.98. The molecular formula is C19H20N4O. The van der Waals surface area contributed by atoms with Crippen LogP contribution in [0.2, 0.25) is 0 Å². The van der Waals surface area contributed by atoms with Crippen LogP contribution in [0.1, 0.15) is 27.6 Å². The molecule has 0 unspecified atom stereocenters. The van der Waals surface area contributed by atoms with E-state index < -0.39 is 0 Å². The zero-order valence-corrected chi connectivity index (χ0v) is 13.6. The Morgan fingerprint density at radius 1 is 1.12 bits per heavy atom. The molecule has 0 aliphatic carbocycles. The summed E-state index contributed by atoms with van der Waals surface area (Å²) in [6.07, 6.45) is 4.44. The highest BCUT2D eigenvalue weighted by Gasteiger charge is 2.08. The van der Waals surface area contributed by atoms with Crippen LogP contribution in [-0.4, -0.2) is 27.0 Å². The number of hydrogen-bond acceptors (Lipinski definition) is 3. The summed E-state index contributed by atoms with van der Waals surface area (Å²) in [5.41, 5.74) is 2.51. The molecule has 24 heavy (non-hydrogen) atoms. The molecule has 0 aliphatic rings. The quantitative estimate of drug-likeness (QED) is 0.759. The molecule has 0 radical (unpaired) electrons. The number of nitrogens with zero attached hydrogens (tertiary/aromatic N) is 3. The largest absolute Gasteiger partial charge is 0.350 e. The van der Waals surface area contributed by atoms with Crippen LogP contribution in [0.15, 0.2) is 60.9 Å². The van der Waals surface area contributed by atoms with Gasteiger partial charge in [-0.3, -0.25) is 4.79 Å². The van der Waals surface area contributed by atoms with E-state index in [1.54, 1.807) is 12.3 Å². The Hall–Kier alpha value is -2.95. The molecule has 122 valence electrons. The lowest BCUT2D eigenvalue weighted by Crippen LogP contribution is -2.27. The Labute approximate surface area is 141 Å². The minimum absolute atomic E-state index is 0.153. The normalized spacial score (nSPS) is 10.5. The second kappa shape index (κ2) is 7.55. The van der Waals surface area contributed by atoms with Crippen LogP contribution in [0, 0.1) is 6.92 Å². The van der Waals surface area contributed by atoms with E-state index in [9.17, 15) is 4.79 Å². The van der Waals surface area contributed by atoms with Crippen molar-refractivity contribution in [2.75, 3.05) is 6.54 Å². The molecule has 0 aliphatic heterocycles. The van der Waals surface area contributed by atoms with E-state index in [0.29, 0.717) is 18.7 Å². The molecule has 0 fully saturated rings. The van der Waals surface area contributed by atoms with Gasteiger partial charge in [-0.2, -0.15) is 0 Å². The average molecular weight is 320 g/mol. The number of benzene rings is 1. The number of aromatic nitrogens is 3. The minimum atomic E-state index is -0.153. The van der Waals surface area contributed by atoms with E-state index in [1.807, 2.05) is 43.5 Å². The Bertz CT molecular complexity index is 811. The third-order valence-electron chi connectivity index (χ3n) is 3.75. The number of aryl methyl sites for hydroxylation is 1. The molecule has 0 spiro atoms. The SMILES string of the molecule is Cc1cccc(C(=O)NCCc2nccn2Cc2ccccc2)n1. The van der Waals surface area contributed by atoms with E-state index in [1.165, 1.54) is 5.56 Å². The average Bonchev–Trinajstić information content (AvgIpc) is 3.03. The van der Waals surface area contributed by atoms with Crippen molar-refractivity contribution in [1.29, 1.82) is 0 Å². The molecule has 5 nitrogen and oxygen atoms in total. The summed E-state index contributed by atoms with van der Waals surface area (Å²) in [7, 11) is 0. The van der Waals surface area contributed by atoms with Gasteiger partial charge < -0.3 is 9.88 Å². The van der Waals surface area contributed by atoms with Gasteiger partial charge >= 0.3 is 0 Å². The number of rotatable bonds is 6. The molecule has 3 rings (SSSR count). The Balaban J connectivity index is 1.56. The van der Waals surface area contributed by atoms with Gasteiger partial charge in [-0.1, -0.05) is 36.4 Å². The van der Waals surface area contributed by atoms with Crippen LogP contribution in [0.4, 0.5) is 0 Å². The lowest BCUT2D eigenvalue weighted by molar-refractivity contribution is 0.0948. The minimum Gasteiger partial charge on any atom is -0.350 e. The standard InChI is InChI=1S/C19H20N4O/c1-15-6-5-9-17(22-15)19(24)21-11-10-18-20-12-13-23(18)14-16-7-3-2-4-8-16/h2-9,12-13H,10-11,14H2,1H3,(H,21,24). The summed E-state index contributed by atoms with van der Waals surface area (Å²) in [4.78, 5) is 20.7. The molecule has 1 aromatic carbocycles. The van der Waals surface area contributed by atoms with Gasteiger partial charge in [0.1, 0.15) is 11.5 Å². The lowest BCUT2D eigenvalue weighted by Gasteiger charge is -2.09. The first-order valence-corrected chi connectivity index (χ1v) is 7.98. The predicted molar refractivity (Wildman–Crippen MR) is 92.8 cm³/mol. The second-order valence-electron chi connectivity index (χ2n) is 5.63. The van der Waals surface area contributed by atoms with E-state index in [-0.39, 0.29) is 5.91 Å². The predicted octanol–water partition coefficient (Wildman–Crippen LogP) is 2.61. The number of carbonyl (C=O) groups excluding carboxylic acids is 1. The fourth-order valence-corrected chi connectivity index (χ4v) is 2.54. The monoisotopic (exact) mass is 320 g/mol. The summed E-state index contributed by atoms with van der Waals surface area (Å²) in [6.45, 7) is 3.18. The summed E-state index contributed by atoms with van der Waals surface area (Å²) in [6, 6.07) is 15.7. The second-order valence-corrected chi connectivity index (χ2v) is 5.63. The number of hydrogen-bond donors (Lipinski definition) is 1. The molecule has 3 aromatic rings. The molecule has 2 aromatic heterocycles. The molecule has 5 heteroatoms. The topological polar surface area (TPSA) is 59.8 Å². The highest BCUT2D eigenvalue weighted by atomic mass is 16.1. The number of pyridine rings is 1. The molecule has 0 atom stereocenters. The van der Waals surface area contributed by atoms with Crippen molar-refractivity contribution >= 4 is 5.91 Å². The third kappa shape index (κ3) is 4.07. The van der Waals surface area contributed by atoms with Crippen molar-refractivity contribution in [1.82, 2.24) is 19.9 Å². The van der Waals surface area contributed by atoms with Gasteiger partial charge in [0.2, 0.25) is 0 Å². The van der Waals surface area contributed by atoms with Crippen molar-refractivity contribution in [3.05, 3.63) is 83.7 Å². The molecule has 0 saturated carbocycles. The van der Waals surface area contributed by atoms with Crippen molar-refractivity contribution in [3.8, 4) is 0 Å². The smallest absolute Gasteiger partial charge is 0.269 e. The van der Waals surface area contributed by atoms with Gasteiger partial charge in [0.15, 0.2) is 0 Å². The summed E-state index contributed by atoms with van der Waals surface area (Å²) in [5, 5.41) is 2.90. The maximum Gasteiger partial charge on any atom is 0.269 e. The zero-order valence-electron chi connectivity index (χ0n) is 13.6. The van der Waals surface area contributed by atoms with E-state index in [4.69, 9.17) is 0 Å². The summed E-state index contributed by atoms with van der Waals surface area (Å²) >= 11 is 0. The van der Waals surface area contributed by atoms with Crippen LogP contribution in [0.5, 0.6) is 0 Å². The Morgan fingerprint density at radius 3 is 2.75 bits per heavy atom. The fourth-order valence-electron chi connectivity index (χ4n) is 2.54. The molecule has 2 heterocycles. The molecule has 1 N–H and O–H groups in total. The molecule has 0 bridgehead atoms. The van der Waals surface area contributed by atoms with Crippen LogP contribution in [0.25, 0.3) is 0 Å². The summed E-state index contributed by atoms with van der Waals surface area (Å²) in [5.74, 6) is 0.802. The van der Waals surface area contributed by atoms with Gasteiger partial charge in [-0.05, 0) is 24.6 Å². The van der Waals surface area contributed by atoms with E-state index in [0.717, 1.165) is 18.1 Å². The molecule has 1 amide bonds. The first kappa shape index (κ1) is 15.9. The van der Waals surface area contributed by atoms with Crippen LogP contribution < -0.4 is 5.32 Å². The number of amides is 1. The maximum absolute atomic E-state index is 12.1. The van der Waals surface area contributed by atoms with Gasteiger partial charge in [-0.25, -0.2) is 9.97 Å². The van der Waals surface area contributed by atoms with Gasteiger partial charge in [0.05, 0.1) is 0 Å². The van der Waals surface area contributed by atoms with E-state index >= 15 is 0 Å². The third-order valence-corrected chi connectivity index (χ3v) is 3.75. The van der Waals surface area contributed by atoms with Gasteiger partial charge in [0, 0.05) is 37.6 Å². The first-order chi connectivity index (χ1) is 11.7. The Morgan fingerprint density at radius 2 is 1.96 bits per heavy atom. The van der Waals surface area contributed by atoms with Crippen LogP contribution in [0.3, 0.4) is 0 Å². The molecule has 0 saturated heterocycles. The van der Waals surface area contributed by atoms with Crippen molar-refractivity contribution in [3.63, 3.8) is 0 Å². The highest BCUT2D eigenvalue weighted by molar-refractivity contribution is 5.92. The summed E-state index contributed by atoms with van der Waals surface area (Å²) < 4.78 is 2.10. The van der Waals surface area contributed by atoms with Crippen LogP contribution in [-0.2, 0) is 13.0 Å². The maximum atomic E-state index is 12.1. The zero-order chi connectivity index (χ0) is 16.8. The Kier molecular flexibility index (Phi) is 5.01. The highest BCUT2D eigenvalue weighted by Crippen LogP contribution is 2.06.